The SMILES string of the molecule is O=C(CN1CCN(CC(=O)NC2CCCCC2)CC1)Nc1cccc(F)c1. The van der Waals surface area contributed by atoms with Gasteiger partial charge >= 0.3 is 0 Å². The van der Waals surface area contributed by atoms with E-state index in [4.69, 9.17) is 0 Å². The van der Waals surface area contributed by atoms with Crippen LogP contribution in [0.4, 0.5) is 10.1 Å². The molecular formula is C20H29FN4O2. The molecule has 0 aromatic heterocycles. The molecule has 0 spiro atoms. The minimum Gasteiger partial charge on any atom is -0.352 e. The molecule has 148 valence electrons. The number of carbonyl (C=O) groups is 2. The molecular weight excluding hydrogens is 347 g/mol. The molecule has 1 saturated heterocycles. The van der Waals surface area contributed by atoms with Crippen LogP contribution in [0, 0.1) is 5.82 Å². The summed E-state index contributed by atoms with van der Waals surface area (Å²) in [5.74, 6) is -0.406. The third kappa shape index (κ3) is 6.59. The lowest BCUT2D eigenvalue weighted by molar-refractivity contribution is -0.124. The van der Waals surface area contributed by atoms with Gasteiger partial charge in [-0.2, -0.15) is 0 Å². The number of amides is 2. The second-order valence-corrected chi connectivity index (χ2v) is 7.51. The maximum Gasteiger partial charge on any atom is 0.238 e. The van der Waals surface area contributed by atoms with Crippen molar-refractivity contribution in [2.75, 3.05) is 44.6 Å². The second-order valence-electron chi connectivity index (χ2n) is 7.51. The van der Waals surface area contributed by atoms with Crippen molar-refractivity contribution in [3.63, 3.8) is 0 Å². The van der Waals surface area contributed by atoms with Gasteiger partial charge in [-0.05, 0) is 31.0 Å². The average Bonchev–Trinajstić information content (AvgIpc) is 2.64. The summed E-state index contributed by atoms with van der Waals surface area (Å²) in [4.78, 5) is 28.5. The van der Waals surface area contributed by atoms with Crippen LogP contribution in [0.5, 0.6) is 0 Å². The largest absolute Gasteiger partial charge is 0.352 e. The third-order valence-corrected chi connectivity index (χ3v) is 5.28. The topological polar surface area (TPSA) is 64.7 Å². The summed E-state index contributed by atoms with van der Waals surface area (Å²) in [6.07, 6.45) is 5.89. The van der Waals surface area contributed by atoms with Crippen LogP contribution in [0.15, 0.2) is 24.3 Å². The summed E-state index contributed by atoms with van der Waals surface area (Å²) in [5.41, 5.74) is 0.470. The lowest BCUT2D eigenvalue weighted by atomic mass is 9.95. The van der Waals surface area contributed by atoms with Gasteiger partial charge in [0.25, 0.3) is 0 Å². The van der Waals surface area contributed by atoms with Crippen LogP contribution in [0.3, 0.4) is 0 Å². The van der Waals surface area contributed by atoms with Crippen molar-refractivity contribution in [2.45, 2.75) is 38.1 Å². The molecule has 2 N–H and O–H groups in total. The molecule has 1 aromatic carbocycles. The molecule has 0 unspecified atom stereocenters. The van der Waals surface area contributed by atoms with Gasteiger partial charge in [-0.15, -0.1) is 0 Å². The first-order chi connectivity index (χ1) is 13.1. The standard InChI is InChI=1S/C20H29FN4O2/c21-16-5-4-8-18(13-16)23-20(27)15-25-11-9-24(10-12-25)14-19(26)22-17-6-2-1-3-7-17/h4-5,8,13,17H,1-3,6-7,9-12,14-15H2,(H,22,26)(H,23,27). The Morgan fingerprint density at radius 1 is 0.963 bits per heavy atom. The first-order valence-electron chi connectivity index (χ1n) is 9.88. The summed E-state index contributed by atoms with van der Waals surface area (Å²) >= 11 is 0. The van der Waals surface area contributed by atoms with E-state index in [2.05, 4.69) is 20.4 Å². The van der Waals surface area contributed by atoms with Crippen molar-refractivity contribution in [3.05, 3.63) is 30.1 Å². The number of rotatable bonds is 6. The Hall–Kier alpha value is -1.99. The Balaban J connectivity index is 1.34. The van der Waals surface area contributed by atoms with Gasteiger partial charge < -0.3 is 10.6 Å². The molecule has 1 heterocycles. The first-order valence-corrected chi connectivity index (χ1v) is 9.88. The van der Waals surface area contributed by atoms with Gasteiger partial charge in [0.1, 0.15) is 5.82 Å². The summed E-state index contributed by atoms with van der Waals surface area (Å²) in [6.45, 7) is 3.73. The summed E-state index contributed by atoms with van der Waals surface area (Å²) in [7, 11) is 0. The third-order valence-electron chi connectivity index (χ3n) is 5.28. The van der Waals surface area contributed by atoms with E-state index >= 15 is 0 Å². The van der Waals surface area contributed by atoms with Crippen LogP contribution in [-0.4, -0.2) is 66.9 Å². The highest BCUT2D eigenvalue weighted by molar-refractivity contribution is 5.92. The lowest BCUT2D eigenvalue weighted by Crippen LogP contribution is -2.51. The van der Waals surface area contributed by atoms with Gasteiger partial charge in [0.2, 0.25) is 11.8 Å². The highest BCUT2D eigenvalue weighted by Gasteiger charge is 2.22. The normalized spacial score (nSPS) is 19.6. The zero-order valence-corrected chi connectivity index (χ0v) is 15.8. The van der Waals surface area contributed by atoms with Crippen LogP contribution < -0.4 is 10.6 Å². The molecule has 7 heteroatoms. The van der Waals surface area contributed by atoms with E-state index in [1.165, 1.54) is 31.4 Å². The summed E-state index contributed by atoms with van der Waals surface area (Å²) in [6, 6.07) is 6.24. The predicted molar refractivity (Wildman–Crippen MR) is 103 cm³/mol. The Labute approximate surface area is 160 Å². The number of piperazine rings is 1. The smallest absolute Gasteiger partial charge is 0.238 e. The van der Waals surface area contributed by atoms with Crippen molar-refractivity contribution in [2.24, 2.45) is 0 Å². The number of halogens is 1. The average molecular weight is 376 g/mol. The minimum atomic E-state index is -0.368. The highest BCUT2D eigenvalue weighted by Crippen LogP contribution is 2.17. The Morgan fingerprint density at radius 3 is 2.22 bits per heavy atom. The Morgan fingerprint density at radius 2 is 1.59 bits per heavy atom. The maximum absolute atomic E-state index is 13.2. The molecule has 1 aromatic rings. The molecule has 1 aliphatic carbocycles. The van der Waals surface area contributed by atoms with Gasteiger partial charge in [-0.3, -0.25) is 19.4 Å². The quantitative estimate of drug-likeness (QED) is 0.795. The van der Waals surface area contributed by atoms with E-state index in [1.807, 2.05) is 0 Å². The fourth-order valence-corrected chi connectivity index (χ4v) is 3.80. The lowest BCUT2D eigenvalue weighted by Gasteiger charge is -2.34. The van der Waals surface area contributed by atoms with E-state index in [0.29, 0.717) is 18.3 Å². The fraction of sp³-hybridized carbons (Fsp3) is 0.600. The molecule has 6 nitrogen and oxygen atoms in total. The first kappa shape index (κ1) is 19.8. The van der Waals surface area contributed by atoms with Gasteiger partial charge in [0.15, 0.2) is 0 Å². The monoisotopic (exact) mass is 376 g/mol. The van der Waals surface area contributed by atoms with E-state index in [0.717, 1.165) is 39.0 Å². The fourth-order valence-electron chi connectivity index (χ4n) is 3.80. The molecule has 27 heavy (non-hydrogen) atoms. The van der Waals surface area contributed by atoms with Crippen molar-refractivity contribution in [3.8, 4) is 0 Å². The van der Waals surface area contributed by atoms with Crippen molar-refractivity contribution >= 4 is 17.5 Å². The van der Waals surface area contributed by atoms with Crippen LogP contribution in [0.25, 0.3) is 0 Å². The summed E-state index contributed by atoms with van der Waals surface area (Å²) in [5, 5.41) is 5.87. The molecule has 0 radical (unpaired) electrons. The van der Waals surface area contributed by atoms with Crippen molar-refractivity contribution < 1.29 is 14.0 Å². The van der Waals surface area contributed by atoms with Crippen LogP contribution in [-0.2, 0) is 9.59 Å². The highest BCUT2D eigenvalue weighted by atomic mass is 19.1. The molecule has 1 aliphatic heterocycles. The zero-order chi connectivity index (χ0) is 19.1. The van der Waals surface area contributed by atoms with Crippen LogP contribution >= 0.6 is 0 Å². The van der Waals surface area contributed by atoms with E-state index in [1.54, 1.807) is 12.1 Å². The van der Waals surface area contributed by atoms with Crippen LogP contribution in [0.2, 0.25) is 0 Å². The number of carbonyl (C=O) groups excluding carboxylic acids is 2. The zero-order valence-electron chi connectivity index (χ0n) is 15.8. The summed E-state index contributed by atoms with van der Waals surface area (Å²) < 4.78 is 13.2. The number of nitrogens with zero attached hydrogens (tertiary/aromatic N) is 2. The molecule has 2 aliphatic rings. The molecule has 0 bridgehead atoms. The van der Waals surface area contributed by atoms with E-state index < -0.39 is 0 Å². The number of benzene rings is 1. The predicted octanol–water partition coefficient (Wildman–Crippen LogP) is 1.83. The molecule has 3 rings (SSSR count). The molecule has 2 fully saturated rings. The Kier molecular flexibility index (Phi) is 7.18. The van der Waals surface area contributed by atoms with Gasteiger partial charge in [0, 0.05) is 37.9 Å². The van der Waals surface area contributed by atoms with Crippen LogP contribution in [0.1, 0.15) is 32.1 Å². The number of nitrogens with one attached hydrogen (secondary N) is 2. The number of hydrogen-bond donors (Lipinski definition) is 2. The maximum atomic E-state index is 13.2. The molecule has 2 amide bonds. The minimum absolute atomic E-state index is 0.110. The number of anilines is 1. The van der Waals surface area contributed by atoms with Gasteiger partial charge in [-0.25, -0.2) is 4.39 Å². The molecule has 1 saturated carbocycles. The van der Waals surface area contributed by atoms with Gasteiger partial charge in [0.05, 0.1) is 13.1 Å². The Bertz CT molecular complexity index is 641. The molecule has 0 atom stereocenters. The second kappa shape index (κ2) is 9.80. The number of hydrogen-bond acceptors (Lipinski definition) is 4. The van der Waals surface area contributed by atoms with Crippen molar-refractivity contribution in [1.29, 1.82) is 0 Å². The van der Waals surface area contributed by atoms with E-state index in [9.17, 15) is 14.0 Å². The van der Waals surface area contributed by atoms with E-state index in [-0.39, 0.29) is 24.2 Å². The van der Waals surface area contributed by atoms with Gasteiger partial charge in [-0.1, -0.05) is 25.3 Å². The van der Waals surface area contributed by atoms with Crippen molar-refractivity contribution in [1.82, 2.24) is 15.1 Å².